The third-order valence-corrected chi connectivity index (χ3v) is 3.84. The van der Waals surface area contributed by atoms with Gasteiger partial charge in [-0.15, -0.1) is 0 Å². The Morgan fingerprint density at radius 3 is 2.42 bits per heavy atom. The van der Waals surface area contributed by atoms with Crippen LogP contribution in [0.3, 0.4) is 0 Å². The fourth-order valence-electron chi connectivity index (χ4n) is 2.21. The Morgan fingerprint density at radius 2 is 1.69 bits per heavy atom. The molecule has 0 atom stereocenters. The molecule has 5 N–H and O–H groups in total. The topological polar surface area (TPSA) is 105 Å². The van der Waals surface area contributed by atoms with Gasteiger partial charge in [-0.2, -0.15) is 0 Å². The maximum atomic E-state index is 12.1. The van der Waals surface area contributed by atoms with Crippen molar-refractivity contribution in [3.63, 3.8) is 0 Å². The van der Waals surface area contributed by atoms with E-state index in [9.17, 15) is 4.79 Å². The minimum absolute atomic E-state index is 0.304. The lowest BCUT2D eigenvalue weighted by Crippen LogP contribution is -2.30. The summed E-state index contributed by atoms with van der Waals surface area (Å²) in [5, 5.41) is 3.71. The van der Waals surface area contributed by atoms with Crippen molar-refractivity contribution in [3.8, 4) is 0 Å². The lowest BCUT2D eigenvalue weighted by molar-refractivity contribution is 0.0962. The second kappa shape index (κ2) is 8.17. The van der Waals surface area contributed by atoms with E-state index in [0.717, 1.165) is 5.56 Å². The Bertz CT molecular complexity index is 886. The molecular formula is C18H17ClN6O. The number of carbonyl (C=O) groups is 1. The summed E-state index contributed by atoms with van der Waals surface area (Å²) in [6.07, 6.45) is 1.36. The predicted molar refractivity (Wildman–Crippen MR) is 103 cm³/mol. The van der Waals surface area contributed by atoms with Gasteiger partial charge in [-0.3, -0.25) is 15.6 Å². The highest BCUT2D eigenvalue weighted by atomic mass is 35.5. The minimum Gasteiger partial charge on any atom is -0.393 e. The standard InChI is InChI=1S/C18H17ClN6O/c19-14-8-6-13(7-9-14)18(26)25-24-17-15(20)16(22-11-23-17)21-10-12-4-2-1-3-5-12/h1-9,11H,10,20H2,(H,25,26)(H2,21,22,23,24). The number of anilines is 3. The Labute approximate surface area is 155 Å². The predicted octanol–water partition coefficient (Wildman–Crippen LogP) is 3.08. The molecule has 1 amide bonds. The smallest absolute Gasteiger partial charge is 0.269 e. The third kappa shape index (κ3) is 4.40. The maximum absolute atomic E-state index is 12.1. The highest BCUT2D eigenvalue weighted by Gasteiger charge is 2.10. The number of carbonyl (C=O) groups excluding carboxylic acids is 1. The number of nitrogens with two attached hydrogens (primary N) is 1. The number of aromatic nitrogens is 2. The van der Waals surface area contributed by atoms with Gasteiger partial charge in [-0.05, 0) is 29.8 Å². The molecule has 3 aromatic rings. The number of rotatable bonds is 6. The van der Waals surface area contributed by atoms with E-state index in [1.54, 1.807) is 24.3 Å². The largest absolute Gasteiger partial charge is 0.393 e. The van der Waals surface area contributed by atoms with E-state index in [0.29, 0.717) is 34.5 Å². The summed E-state index contributed by atoms with van der Waals surface area (Å²) in [7, 11) is 0. The van der Waals surface area contributed by atoms with E-state index in [-0.39, 0.29) is 5.91 Å². The summed E-state index contributed by atoms with van der Waals surface area (Å²) in [6.45, 7) is 0.568. The third-order valence-electron chi connectivity index (χ3n) is 3.59. The lowest BCUT2D eigenvalue weighted by atomic mass is 10.2. The first kappa shape index (κ1) is 17.5. The number of nitrogen functional groups attached to an aromatic ring is 1. The second-order valence-electron chi connectivity index (χ2n) is 5.41. The molecule has 0 aliphatic carbocycles. The normalized spacial score (nSPS) is 10.2. The van der Waals surface area contributed by atoms with Gasteiger partial charge in [-0.25, -0.2) is 9.97 Å². The number of hydrazine groups is 1. The van der Waals surface area contributed by atoms with E-state index in [1.807, 2.05) is 30.3 Å². The molecule has 132 valence electrons. The van der Waals surface area contributed by atoms with Crippen molar-refractivity contribution in [2.24, 2.45) is 0 Å². The van der Waals surface area contributed by atoms with Crippen molar-refractivity contribution in [2.45, 2.75) is 6.54 Å². The van der Waals surface area contributed by atoms with Gasteiger partial charge in [0.15, 0.2) is 11.6 Å². The minimum atomic E-state index is -0.335. The molecule has 7 nitrogen and oxygen atoms in total. The molecule has 1 heterocycles. The molecule has 8 heteroatoms. The van der Waals surface area contributed by atoms with E-state index in [2.05, 4.69) is 26.1 Å². The van der Waals surface area contributed by atoms with E-state index >= 15 is 0 Å². The van der Waals surface area contributed by atoms with E-state index < -0.39 is 0 Å². The average molecular weight is 369 g/mol. The summed E-state index contributed by atoms with van der Waals surface area (Å²) in [6, 6.07) is 16.4. The van der Waals surface area contributed by atoms with Crippen molar-refractivity contribution in [1.82, 2.24) is 15.4 Å². The molecule has 0 spiro atoms. The highest BCUT2D eigenvalue weighted by molar-refractivity contribution is 6.30. The summed E-state index contributed by atoms with van der Waals surface area (Å²) in [5.74, 6) is 0.448. The summed E-state index contributed by atoms with van der Waals surface area (Å²) >= 11 is 5.81. The monoisotopic (exact) mass is 368 g/mol. The fourth-order valence-corrected chi connectivity index (χ4v) is 2.33. The maximum Gasteiger partial charge on any atom is 0.269 e. The van der Waals surface area contributed by atoms with Gasteiger partial charge < -0.3 is 11.1 Å². The second-order valence-corrected chi connectivity index (χ2v) is 5.85. The van der Waals surface area contributed by atoms with Crippen molar-refractivity contribution in [2.75, 3.05) is 16.5 Å². The molecule has 0 saturated heterocycles. The first-order valence-corrected chi connectivity index (χ1v) is 8.21. The summed E-state index contributed by atoms with van der Waals surface area (Å²) in [4.78, 5) is 20.3. The van der Waals surface area contributed by atoms with Gasteiger partial charge in [0.05, 0.1) is 0 Å². The molecule has 1 aromatic heterocycles. The molecule has 0 aliphatic rings. The SMILES string of the molecule is Nc1c(NCc2ccccc2)ncnc1NNC(=O)c1ccc(Cl)cc1. The number of nitrogens with one attached hydrogen (secondary N) is 3. The summed E-state index contributed by atoms with van der Waals surface area (Å²) in [5.41, 5.74) is 13.2. The van der Waals surface area contributed by atoms with Crippen LogP contribution in [0.2, 0.25) is 5.02 Å². The number of halogens is 1. The van der Waals surface area contributed by atoms with Crippen LogP contribution >= 0.6 is 11.6 Å². The van der Waals surface area contributed by atoms with Crippen LogP contribution in [0, 0.1) is 0 Å². The van der Waals surface area contributed by atoms with Gasteiger partial charge in [0.1, 0.15) is 12.0 Å². The molecule has 0 radical (unpaired) electrons. The first-order valence-electron chi connectivity index (χ1n) is 7.83. The van der Waals surface area contributed by atoms with Crippen LogP contribution < -0.4 is 21.9 Å². The Hall–Kier alpha value is -3.32. The average Bonchev–Trinajstić information content (AvgIpc) is 2.67. The Kier molecular flexibility index (Phi) is 5.50. The lowest BCUT2D eigenvalue weighted by Gasteiger charge is -2.13. The number of nitrogens with zero attached hydrogens (tertiary/aromatic N) is 2. The van der Waals surface area contributed by atoms with Crippen LogP contribution in [0.1, 0.15) is 15.9 Å². The fraction of sp³-hybridized carbons (Fsp3) is 0.0556. The molecule has 3 rings (SSSR count). The van der Waals surface area contributed by atoms with Crippen molar-refractivity contribution in [3.05, 3.63) is 77.1 Å². The molecule has 26 heavy (non-hydrogen) atoms. The van der Waals surface area contributed by atoms with Gasteiger partial charge in [-0.1, -0.05) is 41.9 Å². The van der Waals surface area contributed by atoms with Crippen LogP contribution in [0.15, 0.2) is 60.9 Å². The van der Waals surface area contributed by atoms with Crippen LogP contribution in [-0.4, -0.2) is 15.9 Å². The molecule has 0 bridgehead atoms. The number of amides is 1. The quantitative estimate of drug-likeness (QED) is 0.498. The molecule has 0 saturated carbocycles. The van der Waals surface area contributed by atoms with E-state index in [4.69, 9.17) is 17.3 Å². The molecule has 0 aliphatic heterocycles. The van der Waals surface area contributed by atoms with Gasteiger partial charge in [0, 0.05) is 17.1 Å². The van der Waals surface area contributed by atoms with Crippen molar-refractivity contribution in [1.29, 1.82) is 0 Å². The molecular weight excluding hydrogens is 352 g/mol. The van der Waals surface area contributed by atoms with Gasteiger partial charge in [0.2, 0.25) is 0 Å². The van der Waals surface area contributed by atoms with Crippen LogP contribution in [0.4, 0.5) is 17.3 Å². The first-order chi connectivity index (χ1) is 12.6. The number of hydrogen-bond acceptors (Lipinski definition) is 6. The number of hydrogen-bond donors (Lipinski definition) is 4. The van der Waals surface area contributed by atoms with Gasteiger partial charge >= 0.3 is 0 Å². The van der Waals surface area contributed by atoms with Crippen molar-refractivity contribution < 1.29 is 4.79 Å². The van der Waals surface area contributed by atoms with Crippen LogP contribution in [0.25, 0.3) is 0 Å². The Morgan fingerprint density at radius 1 is 1.00 bits per heavy atom. The molecule has 0 unspecified atom stereocenters. The zero-order valence-corrected chi connectivity index (χ0v) is 14.5. The summed E-state index contributed by atoms with van der Waals surface area (Å²) < 4.78 is 0. The Balaban J connectivity index is 1.63. The zero-order valence-electron chi connectivity index (χ0n) is 13.7. The molecule has 2 aromatic carbocycles. The van der Waals surface area contributed by atoms with Gasteiger partial charge in [0.25, 0.3) is 5.91 Å². The van der Waals surface area contributed by atoms with Crippen molar-refractivity contribution >= 4 is 34.8 Å². The van der Waals surface area contributed by atoms with Crippen LogP contribution in [0.5, 0.6) is 0 Å². The molecule has 0 fully saturated rings. The van der Waals surface area contributed by atoms with E-state index in [1.165, 1.54) is 6.33 Å². The van der Waals surface area contributed by atoms with Crippen LogP contribution in [-0.2, 0) is 6.54 Å². The zero-order chi connectivity index (χ0) is 18.4. The highest BCUT2D eigenvalue weighted by Crippen LogP contribution is 2.22. The number of benzene rings is 2.